The third kappa shape index (κ3) is 6.61. The molecule has 25 heavy (non-hydrogen) atoms. The van der Waals surface area contributed by atoms with Gasteiger partial charge in [-0.1, -0.05) is 12.1 Å². The van der Waals surface area contributed by atoms with Crippen LogP contribution in [0, 0.1) is 0 Å². The number of amides is 1. The highest BCUT2D eigenvalue weighted by Gasteiger charge is 2.27. The maximum Gasteiger partial charge on any atom is 0.244 e. The molecule has 0 unspecified atom stereocenters. The zero-order valence-corrected chi connectivity index (χ0v) is 15.8. The summed E-state index contributed by atoms with van der Waals surface area (Å²) in [5.41, 5.74) is 0.778. The number of nitrogens with one attached hydrogen (secondary N) is 2. The van der Waals surface area contributed by atoms with Gasteiger partial charge in [0.15, 0.2) is 0 Å². The predicted octanol–water partition coefficient (Wildman–Crippen LogP) is 1.60. The number of rotatable bonds is 9. The van der Waals surface area contributed by atoms with Gasteiger partial charge in [-0.15, -0.1) is 0 Å². The molecule has 1 aliphatic carbocycles. The average molecular weight is 365 g/mol. The average Bonchev–Trinajstić information content (AvgIpc) is 3.36. The summed E-state index contributed by atoms with van der Waals surface area (Å²) < 4.78 is 26.8. The van der Waals surface area contributed by atoms with E-state index in [9.17, 15) is 13.2 Å². The number of hydrogen-bond donors (Lipinski definition) is 2. The summed E-state index contributed by atoms with van der Waals surface area (Å²) in [5, 5.41) is 2.83. The van der Waals surface area contributed by atoms with Crippen molar-refractivity contribution in [1.82, 2.24) is 14.9 Å². The lowest BCUT2D eigenvalue weighted by molar-refractivity contribution is -0.116. The first-order valence-corrected chi connectivity index (χ1v) is 10.0. The van der Waals surface area contributed by atoms with Crippen LogP contribution in [0.25, 0.3) is 6.08 Å². The molecule has 0 bridgehead atoms. The maximum atomic E-state index is 12.1. The van der Waals surface area contributed by atoms with Crippen molar-refractivity contribution in [3.8, 4) is 0 Å². The van der Waals surface area contributed by atoms with Crippen LogP contribution in [0.3, 0.4) is 0 Å². The van der Waals surface area contributed by atoms with Gasteiger partial charge in [0.2, 0.25) is 15.9 Å². The van der Waals surface area contributed by atoms with Crippen LogP contribution >= 0.6 is 0 Å². The Morgan fingerprint density at radius 1 is 1.28 bits per heavy atom. The van der Waals surface area contributed by atoms with Crippen molar-refractivity contribution in [3.05, 3.63) is 35.9 Å². The minimum Gasteiger partial charge on any atom is -0.351 e. The van der Waals surface area contributed by atoms with E-state index in [4.69, 9.17) is 0 Å². The zero-order chi connectivity index (χ0) is 18.4. The van der Waals surface area contributed by atoms with Crippen LogP contribution in [0.4, 0.5) is 0 Å². The predicted molar refractivity (Wildman–Crippen MR) is 99.6 cm³/mol. The van der Waals surface area contributed by atoms with Crippen molar-refractivity contribution >= 4 is 22.0 Å². The third-order valence-corrected chi connectivity index (χ3v) is 5.70. The first kappa shape index (κ1) is 19.6. The van der Waals surface area contributed by atoms with Gasteiger partial charge in [0, 0.05) is 31.2 Å². The molecule has 0 aromatic heterocycles. The molecule has 138 valence electrons. The molecule has 2 N–H and O–H groups in total. The summed E-state index contributed by atoms with van der Waals surface area (Å²) in [4.78, 5) is 14.2. The number of sulfonamides is 1. The van der Waals surface area contributed by atoms with E-state index in [0.717, 1.165) is 24.9 Å². The molecule has 0 aliphatic heterocycles. The fourth-order valence-corrected chi connectivity index (χ4v) is 3.40. The van der Waals surface area contributed by atoms with E-state index in [2.05, 4.69) is 28.8 Å². The fraction of sp³-hybridized carbons (Fsp3) is 0.500. The highest BCUT2D eigenvalue weighted by Crippen LogP contribution is 2.22. The van der Waals surface area contributed by atoms with Crippen molar-refractivity contribution in [1.29, 1.82) is 0 Å². The second kappa shape index (κ2) is 8.60. The minimum absolute atomic E-state index is 0.0861. The topological polar surface area (TPSA) is 78.5 Å². The van der Waals surface area contributed by atoms with E-state index in [0.29, 0.717) is 12.6 Å². The lowest BCUT2D eigenvalue weighted by Gasteiger charge is -2.20. The number of hydrogen-bond acceptors (Lipinski definition) is 4. The molecule has 1 amide bonds. The van der Waals surface area contributed by atoms with Crippen LogP contribution in [0.15, 0.2) is 35.2 Å². The lowest BCUT2D eigenvalue weighted by atomic mass is 10.2. The highest BCUT2D eigenvalue weighted by atomic mass is 32.2. The molecule has 1 fully saturated rings. The Labute approximate surface area is 150 Å². The summed E-state index contributed by atoms with van der Waals surface area (Å²) in [6.45, 7) is 5.58. The first-order chi connectivity index (χ1) is 11.8. The standard InChI is InChI=1S/C18H27N3O3S/c1-14(2)21(3)13-12-19-18(22)11-6-15-4-9-17(10-5-15)25(23,24)20-16-7-8-16/h4-6,9-11,14,16,20H,7-8,12-13H2,1-3H3,(H,19,22). The second-order valence-corrected chi connectivity index (χ2v) is 8.38. The Morgan fingerprint density at radius 2 is 1.92 bits per heavy atom. The zero-order valence-electron chi connectivity index (χ0n) is 15.0. The summed E-state index contributed by atoms with van der Waals surface area (Å²) in [6.07, 6.45) is 4.94. The monoisotopic (exact) mass is 365 g/mol. The number of benzene rings is 1. The minimum atomic E-state index is -3.43. The van der Waals surface area contributed by atoms with Crippen molar-refractivity contribution < 1.29 is 13.2 Å². The Kier molecular flexibility index (Phi) is 6.75. The summed E-state index contributed by atoms with van der Waals surface area (Å²) in [6, 6.07) is 7.02. The fourth-order valence-electron chi connectivity index (χ4n) is 2.09. The molecule has 6 nitrogen and oxygen atoms in total. The second-order valence-electron chi connectivity index (χ2n) is 6.66. The molecule has 0 radical (unpaired) electrons. The number of carbonyl (C=O) groups is 1. The third-order valence-electron chi connectivity index (χ3n) is 4.16. The van der Waals surface area contributed by atoms with Gasteiger partial charge in [-0.25, -0.2) is 13.1 Å². The largest absolute Gasteiger partial charge is 0.351 e. The molecule has 0 heterocycles. The van der Waals surface area contributed by atoms with Gasteiger partial charge in [0.25, 0.3) is 0 Å². The Morgan fingerprint density at radius 3 is 2.48 bits per heavy atom. The molecule has 0 spiro atoms. The van der Waals surface area contributed by atoms with Crippen molar-refractivity contribution in [2.24, 2.45) is 0 Å². The van der Waals surface area contributed by atoms with Gasteiger partial charge in [-0.3, -0.25) is 4.79 Å². The van der Waals surface area contributed by atoms with Crippen molar-refractivity contribution in [3.63, 3.8) is 0 Å². The van der Waals surface area contributed by atoms with Gasteiger partial charge in [0.05, 0.1) is 4.90 Å². The summed E-state index contributed by atoms with van der Waals surface area (Å²) in [5.74, 6) is -0.163. The highest BCUT2D eigenvalue weighted by molar-refractivity contribution is 7.89. The lowest BCUT2D eigenvalue weighted by Crippen LogP contribution is -2.35. The van der Waals surface area contributed by atoms with Crippen molar-refractivity contribution in [2.45, 2.75) is 43.7 Å². The number of likely N-dealkylation sites (N-methyl/N-ethyl adjacent to an activating group) is 1. The normalized spacial score (nSPS) is 15.2. The summed E-state index contributed by atoms with van der Waals surface area (Å²) >= 11 is 0. The maximum absolute atomic E-state index is 12.1. The van der Waals surface area contributed by atoms with Crippen LogP contribution in [0.2, 0.25) is 0 Å². The van der Waals surface area contributed by atoms with Crippen LogP contribution in [0.5, 0.6) is 0 Å². The molecule has 1 aromatic carbocycles. The molecular weight excluding hydrogens is 338 g/mol. The van der Waals surface area contributed by atoms with Crippen molar-refractivity contribution in [2.75, 3.05) is 20.1 Å². The molecule has 1 aromatic rings. The number of carbonyl (C=O) groups excluding carboxylic acids is 1. The van der Waals surface area contributed by atoms with Crippen LogP contribution < -0.4 is 10.0 Å². The van der Waals surface area contributed by atoms with Gasteiger partial charge in [0.1, 0.15) is 0 Å². The van der Waals surface area contributed by atoms with Gasteiger partial charge >= 0.3 is 0 Å². The van der Waals surface area contributed by atoms with E-state index < -0.39 is 10.0 Å². The molecule has 7 heteroatoms. The Hall–Kier alpha value is -1.70. The molecule has 1 aliphatic rings. The van der Waals surface area contributed by atoms with E-state index in [1.807, 2.05) is 7.05 Å². The van der Waals surface area contributed by atoms with Gasteiger partial charge < -0.3 is 10.2 Å². The van der Waals surface area contributed by atoms with Gasteiger partial charge in [-0.05, 0) is 57.5 Å². The smallest absolute Gasteiger partial charge is 0.244 e. The number of nitrogens with zero attached hydrogens (tertiary/aromatic N) is 1. The van der Waals surface area contributed by atoms with E-state index in [-0.39, 0.29) is 16.8 Å². The summed E-state index contributed by atoms with van der Waals surface area (Å²) in [7, 11) is -1.42. The van der Waals surface area contributed by atoms with Crippen LogP contribution in [0.1, 0.15) is 32.3 Å². The first-order valence-electron chi connectivity index (χ1n) is 8.56. The van der Waals surface area contributed by atoms with Gasteiger partial charge in [-0.2, -0.15) is 0 Å². The van der Waals surface area contributed by atoms with E-state index in [1.165, 1.54) is 6.08 Å². The molecular formula is C18H27N3O3S. The SMILES string of the molecule is CC(C)N(C)CCNC(=O)C=Cc1ccc(S(=O)(=O)NC2CC2)cc1. The van der Waals surface area contributed by atoms with Crippen LogP contribution in [-0.2, 0) is 14.8 Å². The molecule has 0 saturated heterocycles. The Balaban J connectivity index is 1.83. The quantitative estimate of drug-likeness (QED) is 0.652. The van der Waals surface area contributed by atoms with E-state index >= 15 is 0 Å². The molecule has 0 atom stereocenters. The van der Waals surface area contributed by atoms with E-state index in [1.54, 1.807) is 30.3 Å². The molecule has 2 rings (SSSR count). The Bertz CT molecular complexity index is 708. The van der Waals surface area contributed by atoms with Crippen LogP contribution in [-0.4, -0.2) is 51.4 Å². The molecule has 1 saturated carbocycles.